The summed E-state index contributed by atoms with van der Waals surface area (Å²) in [6, 6.07) is 6.56. The van der Waals surface area contributed by atoms with Crippen molar-refractivity contribution in [1.29, 1.82) is 0 Å². The highest BCUT2D eigenvalue weighted by Crippen LogP contribution is 2.58. The summed E-state index contributed by atoms with van der Waals surface area (Å²) in [5.74, 6) is 0.0763. The van der Waals surface area contributed by atoms with Crippen LogP contribution in [-0.4, -0.2) is 11.3 Å². The molecule has 0 saturated carbocycles. The molecule has 1 amide bonds. The molecule has 1 saturated heterocycles. The zero-order chi connectivity index (χ0) is 14.4. The van der Waals surface area contributed by atoms with Crippen LogP contribution < -0.4 is 5.32 Å². The maximum atomic E-state index is 12.5. The van der Waals surface area contributed by atoms with Crippen molar-refractivity contribution in [3.05, 3.63) is 70.3 Å². The molecule has 0 radical (unpaired) electrons. The quantitative estimate of drug-likeness (QED) is 0.578. The molecule has 4 unspecified atom stereocenters. The van der Waals surface area contributed by atoms with Gasteiger partial charge in [-0.25, -0.2) is 0 Å². The van der Waals surface area contributed by atoms with Crippen molar-refractivity contribution in [3.63, 3.8) is 0 Å². The fourth-order valence-electron chi connectivity index (χ4n) is 4.43. The largest absolute Gasteiger partial charge is 0.339 e. The van der Waals surface area contributed by atoms with Crippen LogP contribution in [0.4, 0.5) is 0 Å². The molecule has 1 aromatic rings. The van der Waals surface area contributed by atoms with E-state index >= 15 is 0 Å². The third kappa shape index (κ3) is 1.20. The van der Waals surface area contributed by atoms with Gasteiger partial charge < -0.3 is 5.32 Å². The lowest BCUT2D eigenvalue weighted by molar-refractivity contribution is -0.122. The Morgan fingerprint density at radius 1 is 1.29 bits per heavy atom. The van der Waals surface area contributed by atoms with E-state index in [4.69, 9.17) is 11.6 Å². The van der Waals surface area contributed by atoms with Crippen molar-refractivity contribution in [2.45, 2.75) is 23.8 Å². The van der Waals surface area contributed by atoms with E-state index in [1.807, 2.05) is 6.08 Å². The minimum Gasteiger partial charge on any atom is -0.339 e. The number of allylic oxidation sites excluding steroid dienone is 4. The number of benzene rings is 1. The highest BCUT2D eigenvalue weighted by molar-refractivity contribution is 6.24. The molecule has 4 atom stereocenters. The molecular weight excluding hydrogens is 282 g/mol. The van der Waals surface area contributed by atoms with Gasteiger partial charge in [0.25, 0.3) is 0 Å². The predicted molar refractivity (Wildman–Crippen MR) is 82.2 cm³/mol. The Morgan fingerprint density at radius 2 is 2.14 bits per heavy atom. The van der Waals surface area contributed by atoms with E-state index in [-0.39, 0.29) is 23.1 Å². The Bertz CT molecular complexity index is 803. The Morgan fingerprint density at radius 3 is 3.00 bits per heavy atom. The number of halogens is 1. The number of hydrogen-bond acceptors (Lipinski definition) is 1. The minimum absolute atomic E-state index is 0.0477. The number of alkyl halides is 1. The summed E-state index contributed by atoms with van der Waals surface area (Å²) in [4.78, 5) is 12.5. The molecule has 4 aliphatic carbocycles. The number of hydrogen-bond donors (Lipinski definition) is 1. The summed E-state index contributed by atoms with van der Waals surface area (Å²) in [5, 5.41) is 2.99. The minimum atomic E-state index is -0.467. The average Bonchev–Trinajstić information content (AvgIpc) is 2.78. The molecule has 0 aromatic heterocycles. The van der Waals surface area contributed by atoms with Gasteiger partial charge in [0.15, 0.2) is 0 Å². The zero-order valence-electron chi connectivity index (χ0n) is 11.6. The third-order valence-corrected chi connectivity index (χ3v) is 5.67. The van der Waals surface area contributed by atoms with Crippen LogP contribution in [0.15, 0.2) is 53.6 Å². The number of carbonyl (C=O) groups is 1. The van der Waals surface area contributed by atoms with Crippen molar-refractivity contribution >= 4 is 17.5 Å². The van der Waals surface area contributed by atoms with E-state index < -0.39 is 5.54 Å². The van der Waals surface area contributed by atoms with Gasteiger partial charge in [-0.3, -0.25) is 4.79 Å². The van der Waals surface area contributed by atoms with E-state index in [0.29, 0.717) is 0 Å². The first-order valence-electron chi connectivity index (χ1n) is 7.31. The first kappa shape index (κ1) is 11.8. The van der Waals surface area contributed by atoms with E-state index in [1.165, 1.54) is 27.8 Å². The topological polar surface area (TPSA) is 29.1 Å². The lowest BCUT2D eigenvalue weighted by atomic mass is 9.61. The van der Waals surface area contributed by atoms with E-state index in [1.54, 1.807) is 0 Å². The van der Waals surface area contributed by atoms with Gasteiger partial charge in [0.1, 0.15) is 5.54 Å². The first-order valence-corrected chi connectivity index (χ1v) is 7.75. The van der Waals surface area contributed by atoms with Crippen LogP contribution in [0.25, 0.3) is 0 Å². The van der Waals surface area contributed by atoms with Gasteiger partial charge in [-0.15, -0.1) is 11.6 Å². The summed E-state index contributed by atoms with van der Waals surface area (Å²) in [6.45, 7) is 2.09. The SMILES string of the molecule is Cc1ccc2c(c1)C13C=CC2C2=C1C(C(=O)N3)C(Cl)C=C2. The number of rotatable bonds is 0. The highest BCUT2D eigenvalue weighted by Gasteiger charge is 2.58. The highest BCUT2D eigenvalue weighted by atomic mass is 35.5. The van der Waals surface area contributed by atoms with E-state index in [2.05, 4.69) is 48.7 Å². The molecule has 1 fully saturated rings. The van der Waals surface area contributed by atoms with Gasteiger partial charge >= 0.3 is 0 Å². The zero-order valence-corrected chi connectivity index (χ0v) is 12.3. The maximum absolute atomic E-state index is 12.5. The van der Waals surface area contributed by atoms with E-state index in [0.717, 1.165) is 0 Å². The van der Waals surface area contributed by atoms with Crippen molar-refractivity contribution in [2.75, 3.05) is 0 Å². The summed E-state index contributed by atoms with van der Waals surface area (Å²) in [7, 11) is 0. The lowest BCUT2D eigenvalue weighted by Gasteiger charge is -2.45. The number of nitrogens with one attached hydrogen (secondary N) is 1. The second-order valence-corrected chi connectivity index (χ2v) is 6.88. The molecule has 2 nitrogen and oxygen atoms in total. The molecule has 6 rings (SSSR count). The Balaban J connectivity index is 1.88. The van der Waals surface area contributed by atoms with Gasteiger partial charge in [0.05, 0.1) is 11.3 Å². The number of amides is 1. The van der Waals surface area contributed by atoms with Crippen LogP contribution in [0.1, 0.15) is 22.6 Å². The molecule has 1 N–H and O–H groups in total. The van der Waals surface area contributed by atoms with Crippen molar-refractivity contribution in [3.8, 4) is 0 Å². The molecule has 1 spiro atoms. The summed E-state index contributed by atoms with van der Waals surface area (Å²) >= 11 is 6.41. The standard InChI is InChI=1S/C18H14ClNO/c1-9-2-3-11-10-6-7-18(13(11)8-9)16-12(10)4-5-14(19)15(16)17(21)20-18/h2-8,10,14-15H,1H3,(H,20,21). The van der Waals surface area contributed by atoms with Crippen LogP contribution in [-0.2, 0) is 10.3 Å². The van der Waals surface area contributed by atoms with Crippen LogP contribution in [0.2, 0.25) is 0 Å². The molecule has 1 heterocycles. The molecule has 1 aromatic carbocycles. The normalized spacial score (nSPS) is 37.6. The Labute approximate surface area is 128 Å². The average molecular weight is 296 g/mol. The van der Waals surface area contributed by atoms with Crippen molar-refractivity contribution in [2.24, 2.45) is 5.92 Å². The third-order valence-electron chi connectivity index (χ3n) is 5.27. The predicted octanol–water partition coefficient (Wildman–Crippen LogP) is 3.08. The molecule has 2 bridgehead atoms. The van der Waals surface area contributed by atoms with Crippen molar-refractivity contribution in [1.82, 2.24) is 5.32 Å². The second-order valence-electron chi connectivity index (χ2n) is 6.37. The van der Waals surface area contributed by atoms with Gasteiger partial charge in [-0.05, 0) is 29.2 Å². The van der Waals surface area contributed by atoms with Gasteiger partial charge in [0.2, 0.25) is 5.91 Å². The number of carbonyl (C=O) groups excluding carboxylic acids is 1. The van der Waals surface area contributed by atoms with Gasteiger partial charge in [0, 0.05) is 5.92 Å². The van der Waals surface area contributed by atoms with E-state index in [9.17, 15) is 4.79 Å². The first-order chi connectivity index (χ1) is 10.1. The van der Waals surface area contributed by atoms with Crippen LogP contribution in [0.3, 0.4) is 0 Å². The molecular formula is C18H14ClNO. The van der Waals surface area contributed by atoms with Crippen LogP contribution in [0, 0.1) is 12.8 Å². The summed E-state index contributed by atoms with van der Waals surface area (Å²) in [6.07, 6.45) is 8.47. The fourth-order valence-corrected chi connectivity index (χ4v) is 4.74. The van der Waals surface area contributed by atoms with Crippen LogP contribution in [0.5, 0.6) is 0 Å². The van der Waals surface area contributed by atoms with Gasteiger partial charge in [-0.1, -0.05) is 48.1 Å². The smallest absolute Gasteiger partial charge is 0.230 e. The Hall–Kier alpha value is -1.80. The van der Waals surface area contributed by atoms with Crippen LogP contribution >= 0.6 is 11.6 Å². The second kappa shape index (κ2) is 3.50. The molecule has 104 valence electrons. The lowest BCUT2D eigenvalue weighted by Crippen LogP contribution is -2.44. The fraction of sp³-hybridized carbons (Fsp3) is 0.278. The van der Waals surface area contributed by atoms with Gasteiger partial charge in [-0.2, -0.15) is 0 Å². The molecule has 3 heteroatoms. The monoisotopic (exact) mass is 295 g/mol. The maximum Gasteiger partial charge on any atom is 0.230 e. The number of aryl methyl sites for hydroxylation is 1. The molecule has 5 aliphatic rings. The summed E-state index contributed by atoms with van der Waals surface area (Å²) in [5.41, 5.74) is 5.72. The summed E-state index contributed by atoms with van der Waals surface area (Å²) < 4.78 is 0. The van der Waals surface area contributed by atoms with Crippen molar-refractivity contribution < 1.29 is 4.79 Å². The Kier molecular flexibility index (Phi) is 1.97. The molecule has 1 aliphatic heterocycles. The molecule has 21 heavy (non-hydrogen) atoms.